The van der Waals surface area contributed by atoms with Gasteiger partial charge in [0.25, 0.3) is 0 Å². The van der Waals surface area contributed by atoms with Crippen LogP contribution < -0.4 is 4.74 Å². The van der Waals surface area contributed by atoms with E-state index in [0.29, 0.717) is 11.1 Å². The highest BCUT2D eigenvalue weighted by molar-refractivity contribution is 6.33. The standard InChI is InChI=1S/C15H12ClNO5/c1-21-13-11(14(18)19)5-9(7-17-13)8-3-4-10(12(16)6-8)15(20)22-2/h3-7H,1-2H3,(H,18,19). The minimum absolute atomic E-state index is 0.0218. The van der Waals surface area contributed by atoms with Gasteiger partial charge in [-0.05, 0) is 23.8 Å². The van der Waals surface area contributed by atoms with E-state index in [9.17, 15) is 9.59 Å². The SMILES string of the molecule is COC(=O)c1ccc(-c2cnc(OC)c(C(=O)O)c2)cc1Cl. The van der Waals surface area contributed by atoms with Crippen LogP contribution in [0.5, 0.6) is 5.88 Å². The molecule has 0 fully saturated rings. The van der Waals surface area contributed by atoms with Crippen LogP contribution >= 0.6 is 11.6 Å². The monoisotopic (exact) mass is 321 g/mol. The summed E-state index contributed by atoms with van der Waals surface area (Å²) in [6.45, 7) is 0. The number of nitrogens with zero attached hydrogens (tertiary/aromatic N) is 1. The first-order chi connectivity index (χ1) is 10.5. The first-order valence-corrected chi connectivity index (χ1v) is 6.51. The second-order valence-corrected chi connectivity index (χ2v) is 4.68. The lowest BCUT2D eigenvalue weighted by Crippen LogP contribution is -2.03. The molecule has 7 heteroatoms. The predicted octanol–water partition coefficient (Wildman–Crippen LogP) is 2.90. The van der Waals surface area contributed by atoms with Crippen molar-refractivity contribution in [2.45, 2.75) is 0 Å². The largest absolute Gasteiger partial charge is 0.480 e. The number of carbonyl (C=O) groups excluding carboxylic acids is 1. The van der Waals surface area contributed by atoms with Crippen LogP contribution in [0.3, 0.4) is 0 Å². The Balaban J connectivity index is 2.48. The second kappa shape index (κ2) is 6.44. The summed E-state index contributed by atoms with van der Waals surface area (Å²) in [5.74, 6) is -1.67. The molecule has 0 aliphatic carbocycles. The maximum Gasteiger partial charge on any atom is 0.341 e. The summed E-state index contributed by atoms with van der Waals surface area (Å²) in [6, 6.07) is 6.11. The minimum atomic E-state index is -1.15. The highest BCUT2D eigenvalue weighted by Gasteiger charge is 2.16. The summed E-state index contributed by atoms with van der Waals surface area (Å²) in [4.78, 5) is 26.7. The number of pyridine rings is 1. The van der Waals surface area contributed by atoms with Crippen LogP contribution in [0.2, 0.25) is 5.02 Å². The van der Waals surface area contributed by atoms with Gasteiger partial charge in [0.2, 0.25) is 5.88 Å². The molecule has 0 unspecified atom stereocenters. The molecule has 114 valence electrons. The van der Waals surface area contributed by atoms with Crippen molar-refractivity contribution in [3.8, 4) is 17.0 Å². The Morgan fingerprint density at radius 3 is 2.41 bits per heavy atom. The topological polar surface area (TPSA) is 85.7 Å². The van der Waals surface area contributed by atoms with E-state index in [-0.39, 0.29) is 22.0 Å². The molecule has 2 aromatic rings. The lowest BCUT2D eigenvalue weighted by Gasteiger charge is -2.08. The van der Waals surface area contributed by atoms with E-state index in [1.807, 2.05) is 0 Å². The number of rotatable bonds is 4. The number of hydrogen-bond donors (Lipinski definition) is 1. The number of halogens is 1. The van der Waals surface area contributed by atoms with Crippen LogP contribution in [0.15, 0.2) is 30.5 Å². The van der Waals surface area contributed by atoms with Gasteiger partial charge in [0.1, 0.15) is 5.56 Å². The average Bonchev–Trinajstić information content (AvgIpc) is 2.53. The van der Waals surface area contributed by atoms with Gasteiger partial charge in [-0.25, -0.2) is 14.6 Å². The summed E-state index contributed by atoms with van der Waals surface area (Å²) >= 11 is 6.05. The van der Waals surface area contributed by atoms with E-state index in [2.05, 4.69) is 9.72 Å². The number of carboxylic acids is 1. The molecule has 0 saturated heterocycles. The van der Waals surface area contributed by atoms with E-state index < -0.39 is 11.9 Å². The maximum absolute atomic E-state index is 11.5. The number of ether oxygens (including phenoxy) is 2. The van der Waals surface area contributed by atoms with Crippen LogP contribution in [0.1, 0.15) is 20.7 Å². The lowest BCUT2D eigenvalue weighted by atomic mass is 10.0. The second-order valence-electron chi connectivity index (χ2n) is 4.27. The highest BCUT2D eigenvalue weighted by Crippen LogP contribution is 2.28. The fraction of sp³-hybridized carbons (Fsp3) is 0.133. The average molecular weight is 322 g/mol. The molecule has 1 aromatic heterocycles. The van der Waals surface area contributed by atoms with E-state index in [0.717, 1.165) is 0 Å². The molecule has 0 aliphatic heterocycles. The van der Waals surface area contributed by atoms with Crippen molar-refractivity contribution in [1.29, 1.82) is 0 Å². The molecule has 0 amide bonds. The molecule has 1 aromatic carbocycles. The zero-order chi connectivity index (χ0) is 16.3. The summed E-state index contributed by atoms with van der Waals surface area (Å²) < 4.78 is 9.52. The molecule has 0 spiro atoms. The molecule has 22 heavy (non-hydrogen) atoms. The normalized spacial score (nSPS) is 10.1. The molecular formula is C15H12ClNO5. The molecule has 0 radical (unpaired) electrons. The van der Waals surface area contributed by atoms with Crippen molar-refractivity contribution in [2.75, 3.05) is 14.2 Å². The van der Waals surface area contributed by atoms with Crippen LogP contribution in [0, 0.1) is 0 Å². The van der Waals surface area contributed by atoms with E-state index in [4.69, 9.17) is 21.4 Å². The van der Waals surface area contributed by atoms with Crippen LogP contribution in [-0.4, -0.2) is 36.2 Å². The molecule has 0 bridgehead atoms. The zero-order valence-electron chi connectivity index (χ0n) is 11.8. The van der Waals surface area contributed by atoms with Crippen molar-refractivity contribution in [1.82, 2.24) is 4.98 Å². The summed E-state index contributed by atoms with van der Waals surface area (Å²) in [6.07, 6.45) is 1.47. The van der Waals surface area contributed by atoms with Gasteiger partial charge in [0.05, 0.1) is 24.8 Å². The zero-order valence-corrected chi connectivity index (χ0v) is 12.5. The number of methoxy groups -OCH3 is 2. The Bertz CT molecular complexity index is 745. The number of esters is 1. The fourth-order valence-electron chi connectivity index (χ4n) is 1.90. The van der Waals surface area contributed by atoms with Gasteiger partial charge in [0, 0.05) is 11.8 Å². The van der Waals surface area contributed by atoms with Gasteiger partial charge >= 0.3 is 11.9 Å². The van der Waals surface area contributed by atoms with E-state index >= 15 is 0 Å². The summed E-state index contributed by atoms with van der Waals surface area (Å²) in [5, 5.41) is 9.37. The summed E-state index contributed by atoms with van der Waals surface area (Å²) in [5.41, 5.74) is 1.33. The van der Waals surface area contributed by atoms with Gasteiger partial charge in [-0.15, -0.1) is 0 Å². The molecule has 1 N–H and O–H groups in total. The Morgan fingerprint density at radius 2 is 1.86 bits per heavy atom. The van der Waals surface area contributed by atoms with E-state index in [1.54, 1.807) is 12.1 Å². The van der Waals surface area contributed by atoms with Gasteiger partial charge in [-0.3, -0.25) is 0 Å². The third-order valence-corrected chi connectivity index (χ3v) is 3.30. The number of aromatic carboxylic acids is 1. The highest BCUT2D eigenvalue weighted by atomic mass is 35.5. The Labute approximate surface area is 131 Å². The van der Waals surface area contributed by atoms with Crippen molar-refractivity contribution >= 4 is 23.5 Å². The molecular weight excluding hydrogens is 310 g/mol. The molecule has 0 aliphatic rings. The van der Waals surface area contributed by atoms with Crippen LogP contribution in [0.25, 0.3) is 11.1 Å². The number of benzene rings is 1. The number of carboxylic acid groups (broad SMARTS) is 1. The molecule has 6 nitrogen and oxygen atoms in total. The van der Waals surface area contributed by atoms with Gasteiger partial charge < -0.3 is 14.6 Å². The summed E-state index contributed by atoms with van der Waals surface area (Å²) in [7, 11) is 2.61. The first kappa shape index (κ1) is 15.8. The van der Waals surface area contributed by atoms with Crippen molar-refractivity contribution in [3.63, 3.8) is 0 Å². The van der Waals surface area contributed by atoms with Crippen molar-refractivity contribution in [3.05, 3.63) is 46.6 Å². The molecule has 1 heterocycles. The van der Waals surface area contributed by atoms with Crippen molar-refractivity contribution < 1.29 is 24.2 Å². The molecule has 0 saturated carbocycles. The van der Waals surface area contributed by atoms with Crippen molar-refractivity contribution in [2.24, 2.45) is 0 Å². The third-order valence-electron chi connectivity index (χ3n) is 2.98. The Kier molecular flexibility index (Phi) is 4.62. The van der Waals surface area contributed by atoms with Gasteiger partial charge in [-0.2, -0.15) is 0 Å². The van der Waals surface area contributed by atoms with Gasteiger partial charge in [0.15, 0.2) is 0 Å². The quantitative estimate of drug-likeness (QED) is 0.871. The number of aromatic nitrogens is 1. The number of hydrogen-bond acceptors (Lipinski definition) is 5. The predicted molar refractivity (Wildman–Crippen MR) is 79.5 cm³/mol. The fourth-order valence-corrected chi connectivity index (χ4v) is 2.15. The molecule has 2 rings (SSSR count). The Hall–Kier alpha value is -2.60. The Morgan fingerprint density at radius 1 is 1.14 bits per heavy atom. The number of carbonyl (C=O) groups is 2. The third kappa shape index (κ3) is 3.01. The maximum atomic E-state index is 11.5. The lowest BCUT2D eigenvalue weighted by molar-refractivity contribution is 0.0600. The minimum Gasteiger partial charge on any atom is -0.480 e. The van der Waals surface area contributed by atoms with Crippen LogP contribution in [-0.2, 0) is 4.74 Å². The first-order valence-electron chi connectivity index (χ1n) is 6.13. The molecule has 0 atom stereocenters. The van der Waals surface area contributed by atoms with E-state index in [1.165, 1.54) is 32.5 Å². The van der Waals surface area contributed by atoms with Crippen LogP contribution in [0.4, 0.5) is 0 Å². The van der Waals surface area contributed by atoms with Gasteiger partial charge in [-0.1, -0.05) is 17.7 Å². The smallest absolute Gasteiger partial charge is 0.341 e.